The molecule has 0 fully saturated rings. The topological polar surface area (TPSA) is 73.7 Å². The second-order valence-corrected chi connectivity index (χ2v) is 4.54. The smallest absolute Gasteiger partial charge is 0.328 e. The summed E-state index contributed by atoms with van der Waals surface area (Å²) in [6.07, 6.45) is 4.11. The largest absolute Gasteiger partial charge is 0.478 e. The van der Waals surface area contributed by atoms with Crippen molar-refractivity contribution in [3.8, 4) is 0 Å². The summed E-state index contributed by atoms with van der Waals surface area (Å²) in [6, 6.07) is 3.52. The van der Waals surface area contributed by atoms with E-state index in [1.807, 2.05) is 13.8 Å². The van der Waals surface area contributed by atoms with Gasteiger partial charge in [0.2, 0.25) is 5.91 Å². The van der Waals surface area contributed by atoms with Crippen molar-refractivity contribution >= 4 is 23.8 Å². The van der Waals surface area contributed by atoms with Crippen molar-refractivity contribution in [2.75, 3.05) is 31.6 Å². The van der Waals surface area contributed by atoms with Gasteiger partial charge in [0.15, 0.2) is 0 Å². The average molecular weight is 291 g/mol. The van der Waals surface area contributed by atoms with E-state index in [9.17, 15) is 9.59 Å². The first-order valence-electron chi connectivity index (χ1n) is 6.83. The van der Waals surface area contributed by atoms with E-state index in [0.29, 0.717) is 24.5 Å². The fourth-order valence-corrected chi connectivity index (χ4v) is 1.85. The molecule has 0 aromatic carbocycles. The van der Waals surface area contributed by atoms with Crippen LogP contribution >= 0.6 is 0 Å². The molecule has 1 amide bonds. The molecule has 0 spiro atoms. The van der Waals surface area contributed by atoms with Gasteiger partial charge >= 0.3 is 5.97 Å². The fraction of sp³-hybridized carbons (Fsp3) is 0.400. The molecule has 0 radical (unpaired) electrons. The Bertz CT molecular complexity index is 507. The summed E-state index contributed by atoms with van der Waals surface area (Å²) in [7, 11) is 1.80. The average Bonchev–Trinajstić information content (AvgIpc) is 2.46. The van der Waals surface area contributed by atoms with Crippen LogP contribution in [0.2, 0.25) is 0 Å². The Morgan fingerprint density at radius 1 is 1.29 bits per heavy atom. The number of hydrogen-bond acceptors (Lipinski definition) is 4. The van der Waals surface area contributed by atoms with Gasteiger partial charge in [0, 0.05) is 32.4 Å². The highest BCUT2D eigenvalue weighted by molar-refractivity contribution is 5.85. The first-order chi connectivity index (χ1) is 9.97. The van der Waals surface area contributed by atoms with Crippen LogP contribution in [0.15, 0.2) is 24.4 Å². The van der Waals surface area contributed by atoms with Crippen molar-refractivity contribution < 1.29 is 14.7 Å². The molecule has 0 bridgehead atoms. The van der Waals surface area contributed by atoms with Gasteiger partial charge in [-0.2, -0.15) is 0 Å². The second-order valence-electron chi connectivity index (χ2n) is 4.54. The number of carbonyl (C=O) groups is 2. The molecule has 1 heterocycles. The van der Waals surface area contributed by atoms with Crippen molar-refractivity contribution in [2.45, 2.75) is 13.8 Å². The molecule has 0 atom stereocenters. The van der Waals surface area contributed by atoms with Crippen molar-refractivity contribution in [3.63, 3.8) is 0 Å². The third-order valence-corrected chi connectivity index (χ3v) is 3.07. The maximum absolute atomic E-state index is 12.0. The number of aromatic nitrogens is 1. The number of carboxylic acids is 1. The highest BCUT2D eigenvalue weighted by atomic mass is 16.4. The number of amides is 1. The minimum Gasteiger partial charge on any atom is -0.478 e. The first kappa shape index (κ1) is 16.7. The summed E-state index contributed by atoms with van der Waals surface area (Å²) in [4.78, 5) is 30.2. The maximum atomic E-state index is 12.0. The Labute approximate surface area is 124 Å². The van der Waals surface area contributed by atoms with Crippen LogP contribution < -0.4 is 4.90 Å². The fourth-order valence-electron chi connectivity index (χ4n) is 1.85. The predicted octanol–water partition coefficient (Wildman–Crippen LogP) is 1.48. The van der Waals surface area contributed by atoms with E-state index in [4.69, 9.17) is 5.11 Å². The normalized spacial score (nSPS) is 10.6. The summed E-state index contributed by atoms with van der Waals surface area (Å²) in [5.74, 6) is -0.275. The van der Waals surface area contributed by atoms with Crippen molar-refractivity contribution in [2.24, 2.45) is 0 Å². The second kappa shape index (κ2) is 8.04. The monoisotopic (exact) mass is 291 g/mol. The summed E-state index contributed by atoms with van der Waals surface area (Å²) in [5.41, 5.74) is 0.699. The van der Waals surface area contributed by atoms with Gasteiger partial charge in [0.05, 0.1) is 6.54 Å². The zero-order valence-corrected chi connectivity index (χ0v) is 12.6. The predicted molar refractivity (Wildman–Crippen MR) is 82.1 cm³/mol. The lowest BCUT2D eigenvalue weighted by Crippen LogP contribution is -2.39. The van der Waals surface area contributed by atoms with Crippen LogP contribution in [0.4, 0.5) is 5.82 Å². The lowest BCUT2D eigenvalue weighted by atomic mass is 10.2. The van der Waals surface area contributed by atoms with Gasteiger partial charge in [0.1, 0.15) is 5.82 Å². The molecule has 1 aromatic rings. The molecule has 114 valence electrons. The van der Waals surface area contributed by atoms with Gasteiger partial charge in [-0.3, -0.25) is 4.79 Å². The van der Waals surface area contributed by atoms with Crippen molar-refractivity contribution in [3.05, 3.63) is 30.0 Å². The van der Waals surface area contributed by atoms with Gasteiger partial charge < -0.3 is 14.9 Å². The lowest BCUT2D eigenvalue weighted by Gasteiger charge is -2.23. The number of hydrogen-bond donors (Lipinski definition) is 1. The number of pyridine rings is 1. The zero-order valence-electron chi connectivity index (χ0n) is 12.6. The Hall–Kier alpha value is -2.37. The summed E-state index contributed by atoms with van der Waals surface area (Å²) >= 11 is 0. The van der Waals surface area contributed by atoms with Crippen LogP contribution in [-0.2, 0) is 9.59 Å². The molecule has 6 heteroatoms. The SMILES string of the molecule is CCN(CC)C(=O)CN(C)c1ccc(/C=C/C(=O)O)cn1. The minimum absolute atomic E-state index is 0.0548. The molecule has 21 heavy (non-hydrogen) atoms. The van der Waals surface area contributed by atoms with Crippen LogP contribution in [0.3, 0.4) is 0 Å². The number of rotatable bonds is 7. The molecule has 0 aliphatic heterocycles. The zero-order chi connectivity index (χ0) is 15.8. The highest BCUT2D eigenvalue weighted by Gasteiger charge is 2.13. The van der Waals surface area contributed by atoms with E-state index in [1.165, 1.54) is 6.08 Å². The van der Waals surface area contributed by atoms with E-state index >= 15 is 0 Å². The van der Waals surface area contributed by atoms with E-state index in [0.717, 1.165) is 6.08 Å². The summed E-state index contributed by atoms with van der Waals surface area (Å²) < 4.78 is 0. The molecule has 1 N–H and O–H groups in total. The summed E-state index contributed by atoms with van der Waals surface area (Å²) in [5, 5.41) is 8.56. The van der Waals surface area contributed by atoms with Crippen LogP contribution in [0.1, 0.15) is 19.4 Å². The molecule has 1 rings (SSSR count). The molecule has 6 nitrogen and oxygen atoms in total. The third-order valence-electron chi connectivity index (χ3n) is 3.07. The Morgan fingerprint density at radius 2 is 1.95 bits per heavy atom. The molecule has 1 aromatic heterocycles. The maximum Gasteiger partial charge on any atom is 0.328 e. The molecule has 0 saturated heterocycles. The van der Waals surface area contributed by atoms with Crippen LogP contribution in [-0.4, -0.2) is 53.5 Å². The standard InChI is InChI=1S/C15H21N3O3/c1-4-18(5-2)14(19)11-17(3)13-8-6-12(10-16-13)7-9-15(20)21/h6-10H,4-5,11H2,1-3H3,(H,20,21)/b9-7+. The van der Waals surface area contributed by atoms with Gasteiger partial charge in [-0.15, -0.1) is 0 Å². The van der Waals surface area contributed by atoms with E-state index in [2.05, 4.69) is 4.98 Å². The highest BCUT2D eigenvalue weighted by Crippen LogP contribution is 2.11. The van der Waals surface area contributed by atoms with Gasteiger partial charge in [-0.05, 0) is 37.6 Å². The first-order valence-corrected chi connectivity index (χ1v) is 6.83. The molecule has 0 aliphatic carbocycles. The van der Waals surface area contributed by atoms with Crippen molar-refractivity contribution in [1.82, 2.24) is 9.88 Å². The minimum atomic E-state index is -0.999. The van der Waals surface area contributed by atoms with Gasteiger partial charge in [-0.1, -0.05) is 0 Å². The molecule has 0 unspecified atom stereocenters. The van der Waals surface area contributed by atoms with Gasteiger partial charge in [-0.25, -0.2) is 9.78 Å². The van der Waals surface area contributed by atoms with Crippen LogP contribution in [0.5, 0.6) is 0 Å². The summed E-state index contributed by atoms with van der Waals surface area (Å²) in [6.45, 7) is 5.54. The molecular weight excluding hydrogens is 270 g/mol. The van der Waals surface area contributed by atoms with Gasteiger partial charge in [0.25, 0.3) is 0 Å². The number of aliphatic carboxylic acids is 1. The lowest BCUT2D eigenvalue weighted by molar-refractivity contribution is -0.131. The number of likely N-dealkylation sites (N-methyl/N-ethyl adjacent to an activating group) is 2. The number of carbonyl (C=O) groups excluding carboxylic acids is 1. The Kier molecular flexibility index (Phi) is 6.39. The van der Waals surface area contributed by atoms with E-state index < -0.39 is 5.97 Å². The van der Waals surface area contributed by atoms with E-state index in [-0.39, 0.29) is 12.5 Å². The molecule has 0 saturated carbocycles. The Morgan fingerprint density at radius 3 is 2.43 bits per heavy atom. The number of nitrogens with zero attached hydrogens (tertiary/aromatic N) is 3. The van der Waals surface area contributed by atoms with E-state index in [1.54, 1.807) is 35.2 Å². The number of carboxylic acid groups (broad SMARTS) is 1. The Balaban J connectivity index is 2.69. The van der Waals surface area contributed by atoms with Crippen LogP contribution in [0.25, 0.3) is 6.08 Å². The number of anilines is 1. The third kappa shape index (κ3) is 5.25. The van der Waals surface area contributed by atoms with Crippen molar-refractivity contribution in [1.29, 1.82) is 0 Å². The molecule has 0 aliphatic rings. The molecular formula is C15H21N3O3. The quantitative estimate of drug-likeness (QED) is 0.770. The van der Waals surface area contributed by atoms with Crippen LogP contribution in [0, 0.1) is 0 Å².